The summed E-state index contributed by atoms with van der Waals surface area (Å²) in [4.78, 5) is 26.3. The molecule has 132 valence electrons. The van der Waals surface area contributed by atoms with Crippen LogP contribution in [0.3, 0.4) is 0 Å². The van der Waals surface area contributed by atoms with Crippen molar-refractivity contribution >= 4 is 23.2 Å². The Labute approximate surface area is 148 Å². The van der Waals surface area contributed by atoms with Crippen molar-refractivity contribution in [3.05, 3.63) is 33.5 Å². The van der Waals surface area contributed by atoms with Crippen LogP contribution in [0.4, 0.5) is 10.1 Å². The third-order valence-electron chi connectivity index (χ3n) is 4.82. The lowest BCUT2D eigenvalue weighted by Crippen LogP contribution is -2.42. The number of likely N-dealkylation sites (N-methyl/N-ethyl adjacent to an activating group) is 1. The van der Waals surface area contributed by atoms with Crippen LogP contribution >= 0.6 is 11.6 Å². The van der Waals surface area contributed by atoms with Crippen LogP contribution in [0.5, 0.6) is 5.75 Å². The number of aromatic nitrogens is 2. The van der Waals surface area contributed by atoms with Gasteiger partial charge >= 0.3 is 0 Å². The Bertz CT molecular complexity index is 950. The zero-order valence-electron chi connectivity index (χ0n) is 13.9. The molecule has 2 aliphatic rings. The van der Waals surface area contributed by atoms with Gasteiger partial charge in [0.2, 0.25) is 0 Å². The van der Waals surface area contributed by atoms with Gasteiger partial charge in [-0.1, -0.05) is 11.6 Å². The average Bonchev–Trinajstić information content (AvgIpc) is 2.84. The van der Waals surface area contributed by atoms with E-state index in [2.05, 4.69) is 0 Å². The summed E-state index contributed by atoms with van der Waals surface area (Å²) >= 11 is 6.39. The van der Waals surface area contributed by atoms with E-state index in [0.717, 1.165) is 12.8 Å². The molecule has 0 bridgehead atoms. The Morgan fingerprint density at radius 2 is 1.88 bits per heavy atom. The van der Waals surface area contributed by atoms with E-state index in [-0.39, 0.29) is 33.5 Å². The van der Waals surface area contributed by atoms with Crippen LogP contribution in [0, 0.1) is 5.82 Å². The predicted molar refractivity (Wildman–Crippen MR) is 91.8 cm³/mol. The van der Waals surface area contributed by atoms with Crippen LogP contribution in [0.25, 0.3) is 11.1 Å². The summed E-state index contributed by atoms with van der Waals surface area (Å²) in [5.41, 5.74) is 0.316. The van der Waals surface area contributed by atoms with Gasteiger partial charge in [0.25, 0.3) is 11.5 Å². The van der Waals surface area contributed by atoms with Gasteiger partial charge in [-0.3, -0.25) is 14.3 Å². The lowest BCUT2D eigenvalue weighted by Gasteiger charge is -2.30. The number of carbonyl (C=O) groups is 1. The molecule has 0 N–H and O–H groups in total. The van der Waals surface area contributed by atoms with Gasteiger partial charge in [0.05, 0.1) is 11.3 Å². The molecule has 6 nitrogen and oxygen atoms in total. The van der Waals surface area contributed by atoms with Crippen LogP contribution in [-0.4, -0.2) is 28.4 Å². The third kappa shape index (κ3) is 2.29. The maximum absolute atomic E-state index is 14.7. The predicted octanol–water partition coefficient (Wildman–Crippen LogP) is 2.65. The summed E-state index contributed by atoms with van der Waals surface area (Å²) in [5.74, 6) is -0.559. The van der Waals surface area contributed by atoms with Gasteiger partial charge in [-0.25, -0.2) is 9.07 Å². The van der Waals surface area contributed by atoms with Crippen LogP contribution in [0.1, 0.15) is 19.8 Å². The Morgan fingerprint density at radius 3 is 2.56 bits per heavy atom. The molecule has 0 aliphatic carbocycles. The van der Waals surface area contributed by atoms with Crippen molar-refractivity contribution in [1.82, 2.24) is 9.36 Å². The van der Waals surface area contributed by atoms with Crippen molar-refractivity contribution < 1.29 is 13.9 Å². The molecule has 1 aromatic carbocycles. The van der Waals surface area contributed by atoms with Crippen molar-refractivity contribution in [3.8, 4) is 16.9 Å². The standard InChI is InChI=1S/C17H17ClFN3O3/c1-9-16(23)20(2)12-7-10(11(19)8-13(12)25-9)14-15(18)21-5-3-4-6-22(21)17(14)24/h7-9H,3-6H2,1-2H3. The van der Waals surface area contributed by atoms with E-state index >= 15 is 0 Å². The highest BCUT2D eigenvalue weighted by Gasteiger charge is 2.32. The summed E-state index contributed by atoms with van der Waals surface area (Å²) in [6.45, 7) is 2.79. The Kier molecular flexibility index (Phi) is 3.64. The minimum Gasteiger partial charge on any atom is -0.479 e. The van der Waals surface area contributed by atoms with Crippen LogP contribution in [0.15, 0.2) is 16.9 Å². The summed E-state index contributed by atoms with van der Waals surface area (Å²) < 4.78 is 23.5. The van der Waals surface area contributed by atoms with E-state index in [9.17, 15) is 14.0 Å². The van der Waals surface area contributed by atoms with E-state index in [1.807, 2.05) is 0 Å². The largest absolute Gasteiger partial charge is 0.479 e. The molecule has 1 amide bonds. The first kappa shape index (κ1) is 16.2. The van der Waals surface area contributed by atoms with Gasteiger partial charge in [0, 0.05) is 31.8 Å². The highest BCUT2D eigenvalue weighted by atomic mass is 35.5. The number of benzene rings is 1. The molecule has 25 heavy (non-hydrogen) atoms. The third-order valence-corrected chi connectivity index (χ3v) is 5.21. The van der Waals surface area contributed by atoms with Crippen LogP contribution < -0.4 is 15.2 Å². The second kappa shape index (κ2) is 5.62. The highest BCUT2D eigenvalue weighted by molar-refractivity contribution is 6.32. The number of anilines is 1. The second-order valence-electron chi connectivity index (χ2n) is 6.38. The number of ether oxygens (including phenoxy) is 1. The van der Waals surface area contributed by atoms with Gasteiger partial charge in [0.1, 0.15) is 16.7 Å². The molecule has 1 atom stereocenters. The van der Waals surface area contributed by atoms with E-state index in [4.69, 9.17) is 16.3 Å². The fraction of sp³-hybridized carbons (Fsp3) is 0.412. The first-order valence-corrected chi connectivity index (χ1v) is 8.55. The molecule has 1 aromatic heterocycles. The molecule has 3 heterocycles. The monoisotopic (exact) mass is 365 g/mol. The fourth-order valence-electron chi connectivity index (χ4n) is 3.48. The zero-order chi connectivity index (χ0) is 17.9. The molecule has 2 aromatic rings. The van der Waals surface area contributed by atoms with Gasteiger partial charge in [-0.15, -0.1) is 0 Å². The lowest BCUT2D eigenvalue weighted by molar-refractivity contribution is -0.125. The van der Waals surface area contributed by atoms with E-state index < -0.39 is 11.9 Å². The van der Waals surface area contributed by atoms with Crippen LogP contribution in [0.2, 0.25) is 5.15 Å². The van der Waals surface area contributed by atoms with E-state index in [1.54, 1.807) is 23.3 Å². The number of amides is 1. The highest BCUT2D eigenvalue weighted by Crippen LogP contribution is 2.39. The molecule has 0 saturated carbocycles. The van der Waals surface area contributed by atoms with E-state index in [0.29, 0.717) is 18.8 Å². The quantitative estimate of drug-likeness (QED) is 0.780. The summed E-state index contributed by atoms with van der Waals surface area (Å²) in [5, 5.41) is 0.225. The first-order chi connectivity index (χ1) is 11.9. The Morgan fingerprint density at radius 1 is 1.20 bits per heavy atom. The molecule has 0 fully saturated rings. The molecule has 2 aliphatic heterocycles. The maximum Gasteiger partial charge on any atom is 0.276 e. The molecule has 0 radical (unpaired) electrons. The fourth-order valence-corrected chi connectivity index (χ4v) is 3.83. The SMILES string of the molecule is CC1Oc2cc(F)c(-c3c(Cl)n4n(c3=O)CCCC4)cc2N(C)C1=O. The van der Waals surface area contributed by atoms with Gasteiger partial charge < -0.3 is 9.64 Å². The second-order valence-corrected chi connectivity index (χ2v) is 6.74. The van der Waals surface area contributed by atoms with Crippen molar-refractivity contribution in [1.29, 1.82) is 0 Å². The summed E-state index contributed by atoms with van der Waals surface area (Å²) in [6.07, 6.45) is 1.12. The molecular weight excluding hydrogens is 349 g/mol. The number of rotatable bonds is 1. The number of carbonyl (C=O) groups excluding carboxylic acids is 1. The zero-order valence-corrected chi connectivity index (χ0v) is 14.6. The van der Waals surface area contributed by atoms with Crippen molar-refractivity contribution in [2.24, 2.45) is 0 Å². The Balaban J connectivity index is 1.93. The number of fused-ring (bicyclic) bond motifs is 2. The molecule has 4 rings (SSSR count). The number of halogens is 2. The van der Waals surface area contributed by atoms with Crippen LogP contribution in [-0.2, 0) is 17.9 Å². The van der Waals surface area contributed by atoms with E-state index in [1.165, 1.54) is 17.0 Å². The van der Waals surface area contributed by atoms with Crippen molar-refractivity contribution in [3.63, 3.8) is 0 Å². The minimum absolute atomic E-state index is 0.0842. The van der Waals surface area contributed by atoms with Gasteiger partial charge in [0.15, 0.2) is 6.10 Å². The molecule has 1 unspecified atom stereocenters. The number of nitrogens with zero attached hydrogens (tertiary/aromatic N) is 3. The Hall–Kier alpha value is -2.28. The lowest BCUT2D eigenvalue weighted by atomic mass is 10.1. The first-order valence-electron chi connectivity index (χ1n) is 8.17. The number of hydrogen-bond acceptors (Lipinski definition) is 3. The summed E-state index contributed by atoms with van der Waals surface area (Å²) in [6, 6.07) is 2.67. The molecular formula is C17H17ClFN3O3. The molecule has 0 saturated heterocycles. The normalized spacial score (nSPS) is 19.4. The van der Waals surface area contributed by atoms with Gasteiger partial charge in [-0.05, 0) is 25.8 Å². The van der Waals surface area contributed by atoms with Crippen molar-refractivity contribution in [2.75, 3.05) is 11.9 Å². The smallest absolute Gasteiger partial charge is 0.276 e. The summed E-state index contributed by atoms with van der Waals surface area (Å²) in [7, 11) is 1.60. The topological polar surface area (TPSA) is 56.5 Å². The number of hydrogen-bond donors (Lipinski definition) is 0. The molecule has 0 spiro atoms. The molecule has 8 heteroatoms. The minimum atomic E-state index is -0.682. The average molecular weight is 366 g/mol. The maximum atomic E-state index is 14.7. The van der Waals surface area contributed by atoms with Crippen molar-refractivity contribution in [2.45, 2.75) is 39.0 Å². The van der Waals surface area contributed by atoms with Gasteiger partial charge in [-0.2, -0.15) is 0 Å².